The summed E-state index contributed by atoms with van der Waals surface area (Å²) in [7, 11) is 0. The Morgan fingerprint density at radius 1 is 1.00 bits per heavy atom. The van der Waals surface area contributed by atoms with Crippen molar-refractivity contribution >= 4 is 23.2 Å². The summed E-state index contributed by atoms with van der Waals surface area (Å²) in [4.78, 5) is 32.3. The zero-order valence-electron chi connectivity index (χ0n) is 22.7. The normalized spacial score (nSPS) is 15.1. The van der Waals surface area contributed by atoms with Crippen LogP contribution in [0.5, 0.6) is 0 Å². The number of nitrogens with zero attached hydrogens (tertiary/aromatic N) is 2. The van der Waals surface area contributed by atoms with Crippen LogP contribution >= 0.6 is 11.3 Å². The Labute approximate surface area is 226 Å². The summed E-state index contributed by atoms with van der Waals surface area (Å²) in [6, 6.07) is 18.4. The van der Waals surface area contributed by atoms with E-state index in [0.717, 1.165) is 18.4 Å². The number of unbranched alkanes of at least 4 members (excludes halogenated alkanes) is 3. The van der Waals surface area contributed by atoms with Crippen molar-refractivity contribution in [2.24, 2.45) is 0 Å². The van der Waals surface area contributed by atoms with Gasteiger partial charge in [-0.05, 0) is 80.3 Å². The molecule has 37 heavy (non-hydrogen) atoms. The molecule has 0 saturated carbocycles. The number of fused-ring (bicyclic) bond motifs is 1. The van der Waals surface area contributed by atoms with Crippen LogP contribution in [0, 0.1) is 6.92 Å². The average Bonchev–Trinajstić information content (AvgIpc) is 3.38. The van der Waals surface area contributed by atoms with Gasteiger partial charge in [0, 0.05) is 23.0 Å². The number of thiophene rings is 1. The molecular formula is C32H40N2O2S. The minimum Gasteiger partial charge on any atom is -0.330 e. The van der Waals surface area contributed by atoms with Gasteiger partial charge in [-0.1, -0.05) is 68.1 Å². The van der Waals surface area contributed by atoms with Gasteiger partial charge in [0.25, 0.3) is 5.91 Å². The quantitative estimate of drug-likeness (QED) is 0.267. The lowest BCUT2D eigenvalue weighted by molar-refractivity contribution is -0.134. The summed E-state index contributed by atoms with van der Waals surface area (Å²) < 4.78 is 0. The van der Waals surface area contributed by atoms with Crippen molar-refractivity contribution < 1.29 is 9.59 Å². The summed E-state index contributed by atoms with van der Waals surface area (Å²) in [5, 5.41) is 2.12. The first-order valence-corrected chi connectivity index (χ1v) is 14.6. The van der Waals surface area contributed by atoms with E-state index in [4.69, 9.17) is 0 Å². The molecule has 0 radical (unpaired) electrons. The Kier molecular flexibility index (Phi) is 9.20. The van der Waals surface area contributed by atoms with Crippen molar-refractivity contribution in [3.8, 4) is 0 Å². The van der Waals surface area contributed by atoms with Crippen LogP contribution in [0.1, 0.15) is 90.0 Å². The zero-order chi connectivity index (χ0) is 26.4. The summed E-state index contributed by atoms with van der Waals surface area (Å²) in [6.07, 6.45) is 6.82. The molecule has 4 nitrogen and oxygen atoms in total. The van der Waals surface area contributed by atoms with Crippen molar-refractivity contribution in [1.29, 1.82) is 0 Å². The van der Waals surface area contributed by atoms with Gasteiger partial charge < -0.3 is 9.80 Å². The molecule has 0 N–H and O–H groups in total. The number of benzene rings is 2. The highest BCUT2D eigenvalue weighted by Gasteiger charge is 2.34. The van der Waals surface area contributed by atoms with E-state index in [-0.39, 0.29) is 30.4 Å². The van der Waals surface area contributed by atoms with E-state index < -0.39 is 0 Å². The molecular weight excluding hydrogens is 476 g/mol. The van der Waals surface area contributed by atoms with E-state index in [2.05, 4.69) is 61.7 Å². The Hall–Kier alpha value is -2.92. The van der Waals surface area contributed by atoms with Crippen LogP contribution in [0.15, 0.2) is 60.0 Å². The Morgan fingerprint density at radius 2 is 1.73 bits per heavy atom. The lowest BCUT2D eigenvalue weighted by Crippen LogP contribution is -2.48. The molecule has 4 rings (SSSR count). The first-order chi connectivity index (χ1) is 17.9. The number of hydrogen-bond acceptors (Lipinski definition) is 3. The van der Waals surface area contributed by atoms with E-state index >= 15 is 0 Å². The fourth-order valence-electron chi connectivity index (χ4n) is 5.15. The van der Waals surface area contributed by atoms with Gasteiger partial charge in [-0.2, -0.15) is 0 Å². The van der Waals surface area contributed by atoms with Gasteiger partial charge in [0.2, 0.25) is 5.91 Å². The van der Waals surface area contributed by atoms with E-state index in [1.165, 1.54) is 47.3 Å². The SMILES string of the molecule is CCCCCCc1ccc(C(=O)N(CC(=O)N2CCc3sccc3C2c2ccc(C)cc2)C(C)C)cc1. The van der Waals surface area contributed by atoms with Crippen molar-refractivity contribution in [1.82, 2.24) is 9.80 Å². The fraction of sp³-hybridized carbons (Fsp3) is 0.438. The molecule has 0 saturated heterocycles. The standard InChI is InChI=1S/C32H40N2O2S/c1-5-6-7-8-9-25-12-16-27(17-13-25)32(36)34(23(2)3)22-30(35)33-20-18-29-28(19-21-37-29)31(33)26-14-10-24(4)11-15-26/h10-17,19,21,23,31H,5-9,18,20,22H2,1-4H3. The first-order valence-electron chi connectivity index (χ1n) is 13.7. The lowest BCUT2D eigenvalue weighted by atomic mass is 9.92. The Morgan fingerprint density at radius 3 is 2.41 bits per heavy atom. The number of carbonyl (C=O) groups excluding carboxylic acids is 2. The second-order valence-electron chi connectivity index (χ2n) is 10.5. The summed E-state index contributed by atoms with van der Waals surface area (Å²) in [5.74, 6) is -0.0852. The highest BCUT2D eigenvalue weighted by atomic mass is 32.1. The molecule has 0 spiro atoms. The molecule has 3 aromatic rings. The van der Waals surface area contributed by atoms with E-state index in [0.29, 0.717) is 12.1 Å². The van der Waals surface area contributed by atoms with Crippen molar-refractivity contribution in [2.45, 2.75) is 78.3 Å². The summed E-state index contributed by atoms with van der Waals surface area (Å²) in [6.45, 7) is 9.01. The third kappa shape index (κ3) is 6.51. The van der Waals surface area contributed by atoms with Crippen LogP contribution < -0.4 is 0 Å². The topological polar surface area (TPSA) is 40.6 Å². The highest BCUT2D eigenvalue weighted by Crippen LogP contribution is 2.38. The third-order valence-electron chi connectivity index (χ3n) is 7.39. The summed E-state index contributed by atoms with van der Waals surface area (Å²) in [5.41, 5.74) is 5.44. The first kappa shape index (κ1) is 27.1. The Bertz CT molecular complexity index is 1180. The number of aryl methyl sites for hydroxylation is 2. The number of amides is 2. The van der Waals surface area contributed by atoms with Gasteiger partial charge in [0.05, 0.1) is 6.04 Å². The molecule has 1 atom stereocenters. The predicted molar refractivity (Wildman–Crippen MR) is 153 cm³/mol. The fourth-order valence-corrected chi connectivity index (χ4v) is 6.06. The van der Waals surface area contributed by atoms with Gasteiger partial charge in [-0.25, -0.2) is 0 Å². The molecule has 1 aromatic heterocycles. The zero-order valence-corrected chi connectivity index (χ0v) is 23.5. The van der Waals surface area contributed by atoms with Crippen molar-refractivity contribution in [2.75, 3.05) is 13.1 Å². The van der Waals surface area contributed by atoms with Gasteiger partial charge >= 0.3 is 0 Å². The molecule has 0 aliphatic carbocycles. The van der Waals surface area contributed by atoms with Crippen LogP contribution in [0.4, 0.5) is 0 Å². The second-order valence-corrected chi connectivity index (χ2v) is 11.5. The monoisotopic (exact) mass is 516 g/mol. The van der Waals surface area contributed by atoms with Gasteiger partial charge in [0.15, 0.2) is 0 Å². The molecule has 2 amide bonds. The van der Waals surface area contributed by atoms with E-state index in [1.54, 1.807) is 16.2 Å². The maximum atomic E-state index is 13.8. The van der Waals surface area contributed by atoms with Crippen LogP contribution in [0.25, 0.3) is 0 Å². The molecule has 5 heteroatoms. The van der Waals surface area contributed by atoms with Gasteiger partial charge in [-0.3, -0.25) is 9.59 Å². The maximum absolute atomic E-state index is 13.8. The second kappa shape index (κ2) is 12.6. The average molecular weight is 517 g/mol. The van der Waals surface area contributed by atoms with Crippen LogP contribution in [0.3, 0.4) is 0 Å². The third-order valence-corrected chi connectivity index (χ3v) is 8.39. The van der Waals surface area contributed by atoms with Gasteiger partial charge in [0.1, 0.15) is 6.54 Å². The predicted octanol–water partition coefficient (Wildman–Crippen LogP) is 7.20. The van der Waals surface area contributed by atoms with Crippen LogP contribution in [-0.4, -0.2) is 40.7 Å². The van der Waals surface area contributed by atoms with Gasteiger partial charge in [-0.15, -0.1) is 11.3 Å². The molecule has 0 bridgehead atoms. The van der Waals surface area contributed by atoms with Crippen molar-refractivity contribution in [3.05, 3.63) is 92.7 Å². The molecule has 1 aliphatic heterocycles. The van der Waals surface area contributed by atoms with E-state index in [1.807, 2.05) is 30.9 Å². The Balaban J connectivity index is 1.50. The highest BCUT2D eigenvalue weighted by molar-refractivity contribution is 7.10. The number of rotatable bonds is 10. The van der Waals surface area contributed by atoms with Crippen LogP contribution in [0.2, 0.25) is 0 Å². The molecule has 0 fully saturated rings. The molecule has 2 heterocycles. The molecule has 196 valence electrons. The molecule has 2 aromatic carbocycles. The minimum atomic E-state index is -0.112. The van der Waals surface area contributed by atoms with E-state index in [9.17, 15) is 9.59 Å². The smallest absolute Gasteiger partial charge is 0.254 e. The lowest BCUT2D eigenvalue weighted by Gasteiger charge is -2.38. The minimum absolute atomic E-state index is 0.00276. The molecule has 1 unspecified atom stereocenters. The van der Waals surface area contributed by atoms with Crippen LogP contribution in [-0.2, 0) is 17.6 Å². The largest absolute Gasteiger partial charge is 0.330 e. The maximum Gasteiger partial charge on any atom is 0.254 e. The summed E-state index contributed by atoms with van der Waals surface area (Å²) >= 11 is 1.77. The number of hydrogen-bond donors (Lipinski definition) is 0. The number of carbonyl (C=O) groups is 2. The van der Waals surface area contributed by atoms with Crippen molar-refractivity contribution in [3.63, 3.8) is 0 Å². The molecule has 1 aliphatic rings.